The molecule has 1 nitrogen and oxygen atoms in total. The summed E-state index contributed by atoms with van der Waals surface area (Å²) in [7, 11) is 0. The van der Waals surface area contributed by atoms with Gasteiger partial charge in [0.25, 0.3) is 0 Å². The fourth-order valence-electron chi connectivity index (χ4n) is 10.8. The van der Waals surface area contributed by atoms with E-state index in [2.05, 4.69) is 72.8 Å². The third-order valence-electron chi connectivity index (χ3n) is 13.9. The Morgan fingerprint density at radius 2 is 0.841 bits per heavy atom. The molecule has 13 rings (SSSR count). The number of nitrogens with zero attached hydrogens (tertiary/aromatic N) is 1. The molecule has 0 fully saturated rings. The first-order valence-electron chi connectivity index (χ1n) is 27.4. The van der Waals surface area contributed by atoms with Crippen LogP contribution in [0.1, 0.15) is 38.8 Å². The Morgan fingerprint density at radius 1 is 0.333 bits per heavy atom. The first kappa shape index (κ1) is 32.8. The SMILES string of the molecule is [2H]c1c([2H])c(N(Cc2cccc3c2-c2ccccc2C3(c2ccccc2)c2ccccc2)c2c([2H])c([2H])c(-c3ccc4c(ccc5ccccc54)c3)c([2H])c2[2H])c([2H])c([2H])c1-c1cccc(-c2cccc3ccccc23)c1. The number of hydrogen-bond acceptors (Lipinski definition) is 1. The van der Waals surface area contributed by atoms with Crippen LogP contribution in [0.15, 0.2) is 273 Å². The molecular formula is C68H47N. The maximum absolute atomic E-state index is 9.96. The van der Waals surface area contributed by atoms with E-state index < -0.39 is 5.41 Å². The van der Waals surface area contributed by atoms with E-state index in [9.17, 15) is 11.0 Å². The minimum atomic E-state index is -0.765. The van der Waals surface area contributed by atoms with E-state index in [1.54, 1.807) is 6.07 Å². The Morgan fingerprint density at radius 3 is 1.57 bits per heavy atom. The molecule has 324 valence electrons. The van der Waals surface area contributed by atoms with Crippen LogP contribution in [-0.2, 0) is 12.0 Å². The van der Waals surface area contributed by atoms with Crippen LogP contribution in [0.5, 0.6) is 0 Å². The third-order valence-corrected chi connectivity index (χ3v) is 13.9. The molecule has 0 aromatic heterocycles. The highest BCUT2D eigenvalue weighted by atomic mass is 15.1. The molecule has 0 spiro atoms. The van der Waals surface area contributed by atoms with Crippen LogP contribution < -0.4 is 4.90 Å². The van der Waals surface area contributed by atoms with Gasteiger partial charge in [-0.15, -0.1) is 0 Å². The largest absolute Gasteiger partial charge is 0.337 e. The van der Waals surface area contributed by atoms with Gasteiger partial charge in [0, 0.05) is 17.9 Å². The van der Waals surface area contributed by atoms with E-state index >= 15 is 0 Å². The summed E-state index contributed by atoms with van der Waals surface area (Å²) in [6.07, 6.45) is 0. The van der Waals surface area contributed by atoms with Gasteiger partial charge in [-0.05, 0) is 141 Å². The standard InChI is InChI=1S/C68H47N/c1-3-22-56(23-4-1)68(57-24-5-2-6-25-57)65-30-12-11-28-64(65)67-55(21-15-31-66(67)68)46-69(59-41-36-48(37-42-59)52-38-43-63-54(45-52)33-32-50-17-8-10-27-61(50)63)58-39-34-47(35-40-58)51-19-13-20-53(44-51)62-29-14-18-49-16-7-9-26-60(49)62/h1-45H,46H2/i34D,35D,36D,37D,39D,40D,41D,42D. The summed E-state index contributed by atoms with van der Waals surface area (Å²) in [6.45, 7) is -0.136. The van der Waals surface area contributed by atoms with Gasteiger partial charge in [-0.25, -0.2) is 0 Å². The molecule has 1 heteroatoms. The van der Waals surface area contributed by atoms with Gasteiger partial charge in [0.15, 0.2) is 0 Å². The second-order valence-corrected chi connectivity index (χ2v) is 17.7. The van der Waals surface area contributed by atoms with Crippen molar-refractivity contribution in [3.63, 3.8) is 0 Å². The molecule has 1 aliphatic rings. The zero-order valence-electron chi connectivity index (χ0n) is 45.5. The summed E-state index contributed by atoms with van der Waals surface area (Å²) in [5.74, 6) is 0. The Kier molecular flexibility index (Phi) is 8.00. The summed E-state index contributed by atoms with van der Waals surface area (Å²) in [6, 6.07) is 72.0. The molecule has 12 aromatic carbocycles. The zero-order chi connectivity index (χ0) is 52.7. The van der Waals surface area contributed by atoms with E-state index in [0.29, 0.717) is 11.1 Å². The molecule has 1 aliphatic carbocycles. The van der Waals surface area contributed by atoms with Crippen molar-refractivity contribution in [2.45, 2.75) is 12.0 Å². The minimum absolute atomic E-state index is 0.106. The predicted octanol–water partition coefficient (Wildman–Crippen LogP) is 17.8. The lowest BCUT2D eigenvalue weighted by Crippen LogP contribution is -2.28. The molecule has 0 saturated carbocycles. The fourth-order valence-corrected chi connectivity index (χ4v) is 10.8. The van der Waals surface area contributed by atoms with Crippen molar-refractivity contribution >= 4 is 43.7 Å². The molecule has 0 saturated heterocycles. The van der Waals surface area contributed by atoms with Gasteiger partial charge in [0.2, 0.25) is 0 Å². The minimum Gasteiger partial charge on any atom is -0.337 e. The summed E-state index contributed by atoms with van der Waals surface area (Å²) in [4.78, 5) is 1.50. The van der Waals surface area contributed by atoms with Gasteiger partial charge in [-0.2, -0.15) is 0 Å². The van der Waals surface area contributed by atoms with Crippen LogP contribution in [0, 0.1) is 0 Å². The Balaban J connectivity index is 1.03. The van der Waals surface area contributed by atoms with Crippen molar-refractivity contribution in [1.29, 1.82) is 0 Å². The van der Waals surface area contributed by atoms with Crippen molar-refractivity contribution in [2.24, 2.45) is 0 Å². The fraction of sp³-hybridized carbons (Fsp3) is 0.0294. The molecule has 0 amide bonds. The van der Waals surface area contributed by atoms with Crippen LogP contribution in [0.25, 0.3) is 76.8 Å². The first-order chi connectivity index (χ1) is 37.6. The number of benzene rings is 12. The van der Waals surface area contributed by atoms with Crippen molar-refractivity contribution in [3.8, 4) is 44.5 Å². The first-order valence-corrected chi connectivity index (χ1v) is 23.4. The van der Waals surface area contributed by atoms with E-state index in [1.807, 2.05) is 146 Å². The van der Waals surface area contributed by atoms with Gasteiger partial charge in [-0.1, -0.05) is 236 Å². The Labute approximate surface area is 415 Å². The maximum Gasteiger partial charge on any atom is 0.0713 e. The van der Waals surface area contributed by atoms with Gasteiger partial charge < -0.3 is 4.90 Å². The highest BCUT2D eigenvalue weighted by Gasteiger charge is 2.46. The number of rotatable bonds is 9. The van der Waals surface area contributed by atoms with Crippen molar-refractivity contribution < 1.29 is 11.0 Å². The highest BCUT2D eigenvalue weighted by Crippen LogP contribution is 2.57. The van der Waals surface area contributed by atoms with Crippen molar-refractivity contribution in [3.05, 3.63) is 301 Å². The molecule has 0 N–H and O–H groups in total. The zero-order valence-corrected chi connectivity index (χ0v) is 37.5. The quantitative estimate of drug-likeness (QED) is 0.131. The lowest BCUT2D eigenvalue weighted by molar-refractivity contribution is 0.767. The molecule has 0 radical (unpaired) electrons. The average molecular weight is 886 g/mol. The normalized spacial score (nSPS) is 14.1. The van der Waals surface area contributed by atoms with E-state index in [1.165, 1.54) is 4.90 Å². The van der Waals surface area contributed by atoms with Gasteiger partial charge in [0.05, 0.1) is 16.4 Å². The second-order valence-electron chi connectivity index (χ2n) is 17.7. The van der Waals surface area contributed by atoms with Crippen LogP contribution in [0.2, 0.25) is 0 Å². The molecule has 0 atom stereocenters. The van der Waals surface area contributed by atoms with Crippen LogP contribution in [0.3, 0.4) is 0 Å². The summed E-state index contributed by atoms with van der Waals surface area (Å²) in [5, 5.41) is 6.13. The maximum atomic E-state index is 9.96. The number of fused-ring (bicyclic) bond motifs is 7. The lowest BCUT2D eigenvalue weighted by atomic mass is 9.67. The van der Waals surface area contributed by atoms with Crippen LogP contribution >= 0.6 is 0 Å². The molecule has 0 bridgehead atoms. The summed E-state index contributed by atoms with van der Waals surface area (Å²) < 4.78 is 78.9. The average Bonchev–Trinajstić information content (AvgIpc) is 4.00. The Bertz CT molecular complexity index is 4260. The monoisotopic (exact) mass is 885 g/mol. The second kappa shape index (κ2) is 16.8. The molecule has 12 aromatic rings. The van der Waals surface area contributed by atoms with Crippen LogP contribution in [0.4, 0.5) is 11.4 Å². The predicted molar refractivity (Wildman–Crippen MR) is 291 cm³/mol. The van der Waals surface area contributed by atoms with E-state index in [-0.39, 0.29) is 77.4 Å². The van der Waals surface area contributed by atoms with E-state index in [0.717, 1.165) is 82.4 Å². The smallest absolute Gasteiger partial charge is 0.0713 e. The molecule has 0 aliphatic heterocycles. The summed E-state index contributed by atoms with van der Waals surface area (Å²) >= 11 is 0. The van der Waals surface area contributed by atoms with Gasteiger partial charge >= 0.3 is 0 Å². The molecule has 0 unspecified atom stereocenters. The lowest BCUT2D eigenvalue weighted by Gasteiger charge is -2.34. The topological polar surface area (TPSA) is 3.24 Å². The molecule has 0 heterocycles. The number of hydrogen-bond donors (Lipinski definition) is 0. The van der Waals surface area contributed by atoms with Crippen molar-refractivity contribution in [1.82, 2.24) is 0 Å². The van der Waals surface area contributed by atoms with Gasteiger partial charge in [-0.3, -0.25) is 0 Å². The van der Waals surface area contributed by atoms with Gasteiger partial charge in [0.1, 0.15) is 0 Å². The highest BCUT2D eigenvalue weighted by molar-refractivity contribution is 6.08. The van der Waals surface area contributed by atoms with E-state index in [4.69, 9.17) is 0 Å². The number of anilines is 2. The molecule has 69 heavy (non-hydrogen) atoms. The van der Waals surface area contributed by atoms with Crippen LogP contribution in [-0.4, -0.2) is 0 Å². The van der Waals surface area contributed by atoms with Crippen molar-refractivity contribution in [2.75, 3.05) is 4.90 Å². The summed E-state index contributed by atoms with van der Waals surface area (Å²) in [5.41, 5.74) is 8.72. The Hall–Kier alpha value is -8.78. The third kappa shape index (κ3) is 6.85. The molecular weight excluding hydrogens is 831 g/mol.